The van der Waals surface area contributed by atoms with Crippen molar-refractivity contribution in [1.29, 1.82) is 0 Å². The van der Waals surface area contributed by atoms with Gasteiger partial charge in [0.05, 0.1) is 16.3 Å². The van der Waals surface area contributed by atoms with E-state index in [1.54, 1.807) is 0 Å². The van der Waals surface area contributed by atoms with Crippen LogP contribution >= 0.6 is 22.9 Å². The molecule has 1 amide bonds. The molecule has 0 spiro atoms. The van der Waals surface area contributed by atoms with Crippen LogP contribution in [0.4, 0.5) is 13.2 Å². The Labute approximate surface area is 183 Å². The monoisotopic (exact) mass is 474 g/mol. The predicted molar refractivity (Wildman–Crippen MR) is 111 cm³/mol. The second-order valence-corrected chi connectivity index (χ2v) is 8.38. The Morgan fingerprint density at radius 1 is 1.32 bits per heavy atom. The molecule has 0 radical (unpaired) electrons. The number of aromatic nitrogens is 2. The maximum absolute atomic E-state index is 12.7. The molecule has 1 aliphatic rings. The first-order valence-corrected chi connectivity index (χ1v) is 10.3. The number of amides is 1. The first-order valence-electron chi connectivity index (χ1n) is 9.07. The number of aliphatic carboxylic acids is 1. The molecule has 2 aromatic heterocycles. The number of carbonyl (C=O) groups excluding carboxylic acids is 1. The number of hydrogen-bond acceptors (Lipinski definition) is 5. The molecule has 1 aromatic carbocycles. The van der Waals surface area contributed by atoms with Crippen LogP contribution in [-0.4, -0.2) is 57.0 Å². The Morgan fingerprint density at radius 3 is 2.55 bits per heavy atom. The fourth-order valence-electron chi connectivity index (χ4n) is 3.06. The van der Waals surface area contributed by atoms with E-state index in [-0.39, 0.29) is 11.9 Å². The summed E-state index contributed by atoms with van der Waals surface area (Å²) in [7, 11) is 0. The number of thiophene rings is 1. The zero-order chi connectivity index (χ0) is 22.9. The summed E-state index contributed by atoms with van der Waals surface area (Å²) in [6.07, 6.45) is -4.22. The lowest BCUT2D eigenvalue weighted by atomic mass is 10.3. The number of carbonyl (C=O) groups is 2. The molecule has 4 rings (SSSR count). The number of nitrogens with zero attached hydrogens (tertiary/aromatic N) is 3. The minimum Gasteiger partial charge on any atom is -0.475 e. The quantitative estimate of drug-likeness (QED) is 0.587. The van der Waals surface area contributed by atoms with E-state index in [0.29, 0.717) is 11.6 Å². The molecule has 3 aromatic rings. The molecular formula is C19H18ClF3N4O3S. The number of aryl methyl sites for hydroxylation is 1. The molecule has 3 heterocycles. The number of fused-ring (bicyclic) bond motifs is 1. The van der Waals surface area contributed by atoms with Crippen molar-refractivity contribution in [3.8, 4) is 5.69 Å². The molecule has 0 unspecified atom stereocenters. The predicted octanol–water partition coefficient (Wildman–Crippen LogP) is 3.86. The number of rotatable bonds is 2. The topological polar surface area (TPSA) is 101 Å². The minimum atomic E-state index is -5.08. The van der Waals surface area contributed by atoms with Crippen LogP contribution in [0, 0.1) is 6.92 Å². The van der Waals surface area contributed by atoms with Crippen molar-refractivity contribution in [1.82, 2.24) is 14.7 Å². The van der Waals surface area contributed by atoms with Crippen LogP contribution in [0.25, 0.3) is 15.9 Å². The number of carboxylic acids is 1. The summed E-state index contributed by atoms with van der Waals surface area (Å²) in [5.41, 5.74) is 7.71. The van der Waals surface area contributed by atoms with Gasteiger partial charge >= 0.3 is 12.1 Å². The molecule has 0 bridgehead atoms. The molecule has 0 aliphatic carbocycles. The highest BCUT2D eigenvalue weighted by Gasteiger charge is 2.38. The van der Waals surface area contributed by atoms with Crippen molar-refractivity contribution < 1.29 is 27.9 Å². The standard InChI is InChI=1S/C17H17ClN4OS.C2HF3O2/c1-10-14-8-15(16(23)21-6-5-12(19)9-21)24-17(14)22(20-10)13-4-2-3-11(18)7-13;3-2(4,5)1(6)7/h2-4,7-8,12H,5-6,9,19H2,1H3;(H,6,7)/t12-;/m1./s1. The van der Waals surface area contributed by atoms with Crippen LogP contribution < -0.4 is 5.73 Å². The average molecular weight is 475 g/mol. The summed E-state index contributed by atoms with van der Waals surface area (Å²) < 4.78 is 33.6. The average Bonchev–Trinajstić information content (AvgIpc) is 3.38. The summed E-state index contributed by atoms with van der Waals surface area (Å²) in [5, 5.41) is 13.4. The van der Waals surface area contributed by atoms with Crippen LogP contribution in [0.15, 0.2) is 30.3 Å². The van der Waals surface area contributed by atoms with Crippen molar-refractivity contribution in [2.45, 2.75) is 25.6 Å². The van der Waals surface area contributed by atoms with E-state index in [0.717, 1.165) is 39.4 Å². The van der Waals surface area contributed by atoms with Gasteiger partial charge in [0.2, 0.25) is 0 Å². The summed E-state index contributed by atoms with van der Waals surface area (Å²) in [6.45, 7) is 3.32. The molecule has 12 heteroatoms. The molecular weight excluding hydrogens is 457 g/mol. The Hall–Kier alpha value is -2.63. The lowest BCUT2D eigenvalue weighted by Gasteiger charge is -2.14. The molecule has 1 saturated heterocycles. The van der Waals surface area contributed by atoms with Gasteiger partial charge in [-0.3, -0.25) is 4.79 Å². The SMILES string of the molecule is Cc1nn(-c2cccc(Cl)c2)c2sc(C(=O)N3CC[C@@H](N)C3)cc12.O=C(O)C(F)(F)F. The number of hydrogen-bond donors (Lipinski definition) is 2. The Morgan fingerprint density at radius 2 is 2.00 bits per heavy atom. The third-order valence-corrected chi connectivity index (χ3v) is 5.90. The summed E-state index contributed by atoms with van der Waals surface area (Å²) in [4.78, 5) is 25.1. The molecule has 31 heavy (non-hydrogen) atoms. The highest BCUT2D eigenvalue weighted by molar-refractivity contribution is 7.20. The van der Waals surface area contributed by atoms with Crippen molar-refractivity contribution in [2.24, 2.45) is 5.73 Å². The van der Waals surface area contributed by atoms with Crippen LogP contribution in [0.5, 0.6) is 0 Å². The van der Waals surface area contributed by atoms with E-state index < -0.39 is 12.1 Å². The van der Waals surface area contributed by atoms with Gasteiger partial charge in [0.25, 0.3) is 5.91 Å². The van der Waals surface area contributed by atoms with E-state index in [2.05, 4.69) is 5.10 Å². The fraction of sp³-hybridized carbons (Fsp3) is 0.316. The van der Waals surface area contributed by atoms with E-state index in [1.165, 1.54) is 11.3 Å². The van der Waals surface area contributed by atoms with E-state index in [1.807, 2.05) is 46.8 Å². The Bertz CT molecular complexity index is 1130. The van der Waals surface area contributed by atoms with Crippen molar-refractivity contribution in [3.63, 3.8) is 0 Å². The van der Waals surface area contributed by atoms with Crippen LogP contribution in [-0.2, 0) is 4.79 Å². The number of benzene rings is 1. The second-order valence-electron chi connectivity index (χ2n) is 6.91. The lowest BCUT2D eigenvalue weighted by Crippen LogP contribution is -2.31. The molecule has 3 N–H and O–H groups in total. The Kier molecular flexibility index (Phi) is 6.58. The van der Waals surface area contributed by atoms with Crippen LogP contribution in [0.1, 0.15) is 21.8 Å². The number of halogens is 4. The van der Waals surface area contributed by atoms with Gasteiger partial charge in [0.1, 0.15) is 4.83 Å². The van der Waals surface area contributed by atoms with Crippen LogP contribution in [0.3, 0.4) is 0 Å². The fourth-order valence-corrected chi connectivity index (χ4v) is 4.40. The number of nitrogens with two attached hydrogens (primary N) is 1. The summed E-state index contributed by atoms with van der Waals surface area (Å²) in [5.74, 6) is -2.70. The van der Waals surface area contributed by atoms with Crippen LogP contribution in [0.2, 0.25) is 5.02 Å². The molecule has 1 atom stereocenters. The number of alkyl halides is 3. The van der Waals surface area contributed by atoms with E-state index in [9.17, 15) is 18.0 Å². The summed E-state index contributed by atoms with van der Waals surface area (Å²) >= 11 is 7.56. The van der Waals surface area contributed by atoms with Gasteiger partial charge in [-0.2, -0.15) is 18.3 Å². The van der Waals surface area contributed by atoms with Gasteiger partial charge < -0.3 is 15.7 Å². The van der Waals surface area contributed by atoms with Gasteiger partial charge in [0, 0.05) is 29.5 Å². The highest BCUT2D eigenvalue weighted by Crippen LogP contribution is 2.32. The van der Waals surface area contributed by atoms with E-state index >= 15 is 0 Å². The number of likely N-dealkylation sites (tertiary alicyclic amines) is 1. The van der Waals surface area contributed by atoms with Gasteiger partial charge in [-0.25, -0.2) is 9.48 Å². The minimum absolute atomic E-state index is 0.0567. The first kappa shape index (κ1) is 23.0. The maximum Gasteiger partial charge on any atom is 0.490 e. The summed E-state index contributed by atoms with van der Waals surface area (Å²) in [6, 6.07) is 9.58. The smallest absolute Gasteiger partial charge is 0.475 e. The molecule has 166 valence electrons. The second kappa shape index (κ2) is 8.85. The Balaban J connectivity index is 0.000000339. The number of carboxylic acid groups (broad SMARTS) is 1. The zero-order valence-corrected chi connectivity index (χ0v) is 17.8. The van der Waals surface area contributed by atoms with E-state index in [4.69, 9.17) is 27.2 Å². The maximum atomic E-state index is 12.7. The lowest BCUT2D eigenvalue weighted by molar-refractivity contribution is -0.192. The third kappa shape index (κ3) is 5.17. The molecule has 7 nitrogen and oxygen atoms in total. The largest absolute Gasteiger partial charge is 0.490 e. The van der Waals surface area contributed by atoms with Gasteiger partial charge in [-0.1, -0.05) is 17.7 Å². The van der Waals surface area contributed by atoms with Gasteiger partial charge in [-0.05, 0) is 37.6 Å². The molecule has 1 fully saturated rings. The van der Waals surface area contributed by atoms with Crippen molar-refractivity contribution in [2.75, 3.05) is 13.1 Å². The molecule has 0 saturated carbocycles. The van der Waals surface area contributed by atoms with Gasteiger partial charge in [-0.15, -0.1) is 11.3 Å². The normalized spacial score (nSPS) is 16.3. The van der Waals surface area contributed by atoms with Gasteiger partial charge in [0.15, 0.2) is 0 Å². The van der Waals surface area contributed by atoms with Crippen molar-refractivity contribution >= 4 is 45.0 Å². The highest BCUT2D eigenvalue weighted by atomic mass is 35.5. The zero-order valence-electron chi connectivity index (χ0n) is 16.2. The third-order valence-electron chi connectivity index (χ3n) is 4.56. The van der Waals surface area contributed by atoms with Crippen molar-refractivity contribution in [3.05, 3.63) is 45.9 Å². The first-order chi connectivity index (χ1) is 14.5. The molecule has 1 aliphatic heterocycles.